The second kappa shape index (κ2) is 6.93. The van der Waals surface area contributed by atoms with Gasteiger partial charge < -0.3 is 19.7 Å². The first-order valence-corrected chi connectivity index (χ1v) is 10.6. The molecule has 146 valence electrons. The average molecular weight is 391 g/mol. The number of carbonyl (C=O) groups is 2. The maximum atomic E-state index is 13.0. The van der Waals surface area contributed by atoms with Crippen LogP contribution >= 0.6 is 11.8 Å². The van der Waals surface area contributed by atoms with Gasteiger partial charge in [0.05, 0.1) is 5.88 Å². The van der Waals surface area contributed by atoms with Crippen molar-refractivity contribution < 1.29 is 19.1 Å². The van der Waals surface area contributed by atoms with Crippen LogP contribution < -0.4 is 14.8 Å². The Hall–Kier alpha value is -1.89. The standard InChI is InChI=1S/C20H26N2O4S/c1-20(2,3)21-18(23)15-10-27-11-22(15)19(24)14-9-13(14)12-4-5-16-17(8-12)26-7-6-25-16/h4-5,8,13-15H,6-7,9-11H2,1-3H3,(H,21,23)/t13-,14+,15-/m0/s1. The van der Waals surface area contributed by atoms with E-state index >= 15 is 0 Å². The summed E-state index contributed by atoms with van der Waals surface area (Å²) in [5.41, 5.74) is 0.812. The number of hydrogen-bond acceptors (Lipinski definition) is 5. The largest absolute Gasteiger partial charge is 0.486 e. The molecule has 0 radical (unpaired) electrons. The summed E-state index contributed by atoms with van der Waals surface area (Å²) >= 11 is 1.64. The van der Waals surface area contributed by atoms with Crippen LogP contribution in [0.3, 0.4) is 0 Å². The number of ether oxygens (including phenoxy) is 2. The molecule has 2 heterocycles. The van der Waals surface area contributed by atoms with E-state index in [-0.39, 0.29) is 35.2 Å². The smallest absolute Gasteiger partial charge is 0.244 e. The minimum absolute atomic E-state index is 0.0452. The van der Waals surface area contributed by atoms with E-state index in [1.54, 1.807) is 16.7 Å². The summed E-state index contributed by atoms with van der Waals surface area (Å²) in [6.07, 6.45) is 0.827. The minimum Gasteiger partial charge on any atom is -0.486 e. The van der Waals surface area contributed by atoms with Crippen LogP contribution in [0.1, 0.15) is 38.7 Å². The van der Waals surface area contributed by atoms with Gasteiger partial charge >= 0.3 is 0 Å². The maximum Gasteiger partial charge on any atom is 0.244 e. The van der Waals surface area contributed by atoms with Crippen molar-refractivity contribution in [1.29, 1.82) is 0 Å². The Balaban J connectivity index is 1.42. The lowest BCUT2D eigenvalue weighted by Crippen LogP contribution is -2.52. The van der Waals surface area contributed by atoms with Crippen LogP contribution in [0.2, 0.25) is 0 Å². The molecule has 2 fully saturated rings. The predicted molar refractivity (Wildman–Crippen MR) is 104 cm³/mol. The van der Waals surface area contributed by atoms with Crippen molar-refractivity contribution in [2.24, 2.45) is 5.92 Å². The fourth-order valence-electron chi connectivity index (χ4n) is 3.67. The highest BCUT2D eigenvalue weighted by Crippen LogP contribution is 2.50. The van der Waals surface area contributed by atoms with E-state index in [1.807, 2.05) is 39.0 Å². The number of carbonyl (C=O) groups excluding carboxylic acids is 2. The second-order valence-corrected chi connectivity index (χ2v) is 9.41. The topological polar surface area (TPSA) is 67.9 Å². The van der Waals surface area contributed by atoms with Crippen LogP contribution in [0.25, 0.3) is 0 Å². The summed E-state index contributed by atoms with van der Waals surface area (Å²) in [6.45, 7) is 6.99. The van der Waals surface area contributed by atoms with Crippen LogP contribution in [0, 0.1) is 5.92 Å². The van der Waals surface area contributed by atoms with Gasteiger partial charge in [-0.25, -0.2) is 0 Å². The molecule has 4 rings (SSSR count). The highest BCUT2D eigenvalue weighted by Gasteiger charge is 2.49. The van der Waals surface area contributed by atoms with Gasteiger partial charge in [0.1, 0.15) is 19.3 Å². The number of hydrogen-bond donors (Lipinski definition) is 1. The number of amides is 2. The van der Waals surface area contributed by atoms with Gasteiger partial charge in [-0.1, -0.05) is 6.07 Å². The summed E-state index contributed by atoms with van der Waals surface area (Å²) in [5, 5.41) is 3.01. The molecule has 7 heteroatoms. The van der Waals surface area contributed by atoms with Gasteiger partial charge in [0.15, 0.2) is 11.5 Å². The van der Waals surface area contributed by atoms with Crippen LogP contribution in [-0.4, -0.2) is 53.1 Å². The summed E-state index contributed by atoms with van der Waals surface area (Å²) < 4.78 is 11.2. The normalized spacial score (nSPS) is 26.6. The van der Waals surface area contributed by atoms with E-state index in [0.717, 1.165) is 23.5 Å². The summed E-state index contributed by atoms with van der Waals surface area (Å²) in [6, 6.07) is 5.57. The molecule has 1 saturated heterocycles. The first-order chi connectivity index (χ1) is 12.8. The number of nitrogens with zero attached hydrogens (tertiary/aromatic N) is 1. The number of thioether (sulfide) groups is 1. The summed E-state index contributed by atoms with van der Waals surface area (Å²) in [5.74, 6) is 2.97. The van der Waals surface area contributed by atoms with Crippen molar-refractivity contribution >= 4 is 23.6 Å². The average Bonchev–Trinajstić information content (AvgIpc) is 3.26. The lowest BCUT2D eigenvalue weighted by molar-refractivity contribution is -0.139. The minimum atomic E-state index is -0.372. The quantitative estimate of drug-likeness (QED) is 0.858. The number of nitrogens with one attached hydrogen (secondary N) is 1. The number of fused-ring (bicyclic) bond motifs is 1. The van der Waals surface area contributed by atoms with E-state index in [4.69, 9.17) is 9.47 Å². The molecule has 2 aliphatic heterocycles. The van der Waals surface area contributed by atoms with Crippen molar-refractivity contribution in [1.82, 2.24) is 10.2 Å². The number of rotatable bonds is 3. The lowest BCUT2D eigenvalue weighted by Gasteiger charge is -2.28. The fourth-order valence-corrected chi connectivity index (χ4v) is 4.83. The molecule has 1 N–H and O–H groups in total. The van der Waals surface area contributed by atoms with Crippen LogP contribution in [0.4, 0.5) is 0 Å². The zero-order chi connectivity index (χ0) is 19.2. The molecule has 0 aromatic heterocycles. The third-order valence-corrected chi connectivity index (χ3v) is 6.08. The summed E-state index contributed by atoms with van der Waals surface area (Å²) in [4.78, 5) is 27.4. The molecule has 0 unspecified atom stereocenters. The Morgan fingerprint density at radius 1 is 1.19 bits per heavy atom. The van der Waals surface area contributed by atoms with E-state index in [1.165, 1.54) is 0 Å². The van der Waals surface area contributed by atoms with Crippen molar-refractivity contribution in [2.75, 3.05) is 24.8 Å². The Labute approximate surface area is 164 Å². The Bertz CT molecular complexity index is 761. The van der Waals surface area contributed by atoms with Crippen molar-refractivity contribution in [2.45, 2.75) is 44.7 Å². The molecule has 2 amide bonds. The third kappa shape index (κ3) is 3.88. The van der Waals surface area contributed by atoms with Crippen molar-refractivity contribution in [3.8, 4) is 11.5 Å². The van der Waals surface area contributed by atoms with E-state index in [9.17, 15) is 9.59 Å². The van der Waals surface area contributed by atoms with Gasteiger partial charge in [-0.3, -0.25) is 9.59 Å². The molecule has 3 atom stereocenters. The van der Waals surface area contributed by atoms with Crippen LogP contribution in [0.15, 0.2) is 18.2 Å². The molecular weight excluding hydrogens is 364 g/mol. The zero-order valence-corrected chi connectivity index (χ0v) is 16.8. The van der Waals surface area contributed by atoms with Crippen LogP contribution in [0.5, 0.6) is 11.5 Å². The van der Waals surface area contributed by atoms with E-state index in [0.29, 0.717) is 24.8 Å². The molecule has 6 nitrogen and oxygen atoms in total. The van der Waals surface area contributed by atoms with Gasteiger partial charge in [-0.05, 0) is 50.8 Å². The first-order valence-electron chi connectivity index (χ1n) is 9.43. The molecule has 0 bridgehead atoms. The molecule has 1 aliphatic carbocycles. The van der Waals surface area contributed by atoms with Crippen LogP contribution in [-0.2, 0) is 9.59 Å². The summed E-state index contributed by atoms with van der Waals surface area (Å²) in [7, 11) is 0. The van der Waals surface area contributed by atoms with Crippen molar-refractivity contribution in [3.63, 3.8) is 0 Å². The molecule has 27 heavy (non-hydrogen) atoms. The van der Waals surface area contributed by atoms with Gasteiger partial charge in [0.25, 0.3) is 0 Å². The highest BCUT2D eigenvalue weighted by molar-refractivity contribution is 7.99. The fraction of sp³-hybridized carbons (Fsp3) is 0.600. The highest BCUT2D eigenvalue weighted by atomic mass is 32.2. The Morgan fingerprint density at radius 3 is 2.67 bits per heavy atom. The zero-order valence-electron chi connectivity index (χ0n) is 16.0. The molecule has 1 aromatic rings. The molecule has 1 aromatic carbocycles. The van der Waals surface area contributed by atoms with E-state index in [2.05, 4.69) is 5.32 Å². The van der Waals surface area contributed by atoms with E-state index < -0.39 is 0 Å². The number of benzene rings is 1. The van der Waals surface area contributed by atoms with Gasteiger partial charge in [0, 0.05) is 17.2 Å². The first kappa shape index (κ1) is 18.5. The monoisotopic (exact) mass is 390 g/mol. The predicted octanol–water partition coefficient (Wildman–Crippen LogP) is 2.38. The second-order valence-electron chi connectivity index (χ2n) is 8.41. The molecule has 3 aliphatic rings. The SMILES string of the molecule is CC(C)(C)NC(=O)[C@@H]1CSCN1C(=O)[C@@H]1C[C@H]1c1ccc2c(c1)OCCO2. The third-order valence-electron chi connectivity index (χ3n) is 5.07. The molecular formula is C20H26N2O4S. The Kier molecular flexibility index (Phi) is 4.74. The molecule has 0 spiro atoms. The van der Waals surface area contributed by atoms with Gasteiger partial charge in [-0.15, -0.1) is 11.8 Å². The Morgan fingerprint density at radius 2 is 1.93 bits per heavy atom. The molecule has 1 saturated carbocycles. The van der Waals surface area contributed by atoms with Gasteiger partial charge in [-0.2, -0.15) is 0 Å². The lowest BCUT2D eigenvalue weighted by atomic mass is 10.1. The van der Waals surface area contributed by atoms with Crippen molar-refractivity contribution in [3.05, 3.63) is 23.8 Å². The maximum absolute atomic E-state index is 13.0. The van der Waals surface area contributed by atoms with Gasteiger partial charge in [0.2, 0.25) is 11.8 Å².